The summed E-state index contributed by atoms with van der Waals surface area (Å²) in [5.41, 5.74) is 2.81. The maximum Gasteiger partial charge on any atom is 0.333 e. The van der Waals surface area contributed by atoms with Crippen LogP contribution in [0.3, 0.4) is 0 Å². The minimum atomic E-state index is -0.950. The lowest BCUT2D eigenvalue weighted by Crippen LogP contribution is -2.26. The van der Waals surface area contributed by atoms with Gasteiger partial charge in [0, 0.05) is 18.6 Å². The molecule has 0 heterocycles. The highest BCUT2D eigenvalue weighted by Crippen LogP contribution is 2.15. The standard InChI is InChI=1S/C23H24O4/c1-3-26-22(23(24)25)17-20-11-13-21(14-12-20)27-16-15-18(2)9-10-19-7-5-4-6-8-19/h4-8,11-15,22H,3,16-17H2,1-2H3,(H,24,25)/t22-/m0/s1. The first kappa shape index (κ1) is 20.3. The van der Waals surface area contributed by atoms with Crippen LogP contribution in [0.25, 0.3) is 0 Å². The van der Waals surface area contributed by atoms with Gasteiger partial charge in [0.2, 0.25) is 0 Å². The monoisotopic (exact) mass is 364 g/mol. The van der Waals surface area contributed by atoms with Crippen LogP contribution in [-0.2, 0) is 16.0 Å². The van der Waals surface area contributed by atoms with E-state index in [1.807, 2.05) is 67.6 Å². The summed E-state index contributed by atoms with van der Waals surface area (Å²) in [6.45, 7) is 4.52. The van der Waals surface area contributed by atoms with Crippen molar-refractivity contribution in [3.63, 3.8) is 0 Å². The van der Waals surface area contributed by atoms with Crippen molar-refractivity contribution in [1.82, 2.24) is 0 Å². The fourth-order valence-corrected chi connectivity index (χ4v) is 2.36. The molecular weight excluding hydrogens is 340 g/mol. The summed E-state index contributed by atoms with van der Waals surface area (Å²) in [6.07, 6.45) is 1.44. The van der Waals surface area contributed by atoms with E-state index in [-0.39, 0.29) is 0 Å². The highest BCUT2D eigenvalue weighted by atomic mass is 16.5. The van der Waals surface area contributed by atoms with Crippen molar-refractivity contribution < 1.29 is 19.4 Å². The molecule has 0 bridgehead atoms. The number of carboxylic acids is 1. The van der Waals surface area contributed by atoms with Gasteiger partial charge in [0.05, 0.1) is 0 Å². The first-order valence-electron chi connectivity index (χ1n) is 8.88. The van der Waals surface area contributed by atoms with Gasteiger partial charge in [0.25, 0.3) is 0 Å². The third-order valence-electron chi connectivity index (χ3n) is 3.81. The van der Waals surface area contributed by atoms with Crippen LogP contribution in [0.4, 0.5) is 0 Å². The second-order valence-electron chi connectivity index (χ2n) is 5.94. The highest BCUT2D eigenvalue weighted by Gasteiger charge is 2.17. The van der Waals surface area contributed by atoms with Gasteiger partial charge in [0.15, 0.2) is 6.10 Å². The molecule has 0 amide bonds. The van der Waals surface area contributed by atoms with Crippen molar-refractivity contribution in [2.75, 3.05) is 13.2 Å². The molecule has 0 saturated carbocycles. The van der Waals surface area contributed by atoms with Gasteiger partial charge in [-0.05, 0) is 55.3 Å². The molecule has 2 aromatic rings. The van der Waals surface area contributed by atoms with Gasteiger partial charge >= 0.3 is 5.97 Å². The van der Waals surface area contributed by atoms with Crippen LogP contribution in [0.15, 0.2) is 66.2 Å². The predicted octanol–water partition coefficient (Wildman–Crippen LogP) is 4.10. The zero-order valence-corrected chi connectivity index (χ0v) is 15.6. The van der Waals surface area contributed by atoms with Crippen molar-refractivity contribution in [3.05, 3.63) is 77.4 Å². The van der Waals surface area contributed by atoms with Crippen LogP contribution >= 0.6 is 0 Å². The van der Waals surface area contributed by atoms with Crippen molar-refractivity contribution >= 4 is 5.97 Å². The topological polar surface area (TPSA) is 55.8 Å². The zero-order chi connectivity index (χ0) is 19.5. The van der Waals surface area contributed by atoms with Gasteiger partial charge in [-0.3, -0.25) is 0 Å². The summed E-state index contributed by atoms with van der Waals surface area (Å²) >= 11 is 0. The Morgan fingerprint density at radius 3 is 2.48 bits per heavy atom. The number of carboxylic acid groups (broad SMARTS) is 1. The van der Waals surface area contributed by atoms with Crippen LogP contribution in [-0.4, -0.2) is 30.4 Å². The normalized spacial score (nSPS) is 12.0. The molecule has 2 aromatic carbocycles. The number of benzene rings is 2. The quantitative estimate of drug-likeness (QED) is 0.717. The van der Waals surface area contributed by atoms with Crippen LogP contribution in [0.2, 0.25) is 0 Å². The van der Waals surface area contributed by atoms with E-state index >= 15 is 0 Å². The van der Waals surface area contributed by atoms with Crippen LogP contribution in [0.1, 0.15) is 25.0 Å². The summed E-state index contributed by atoms with van der Waals surface area (Å²) in [5, 5.41) is 9.14. The van der Waals surface area contributed by atoms with Crippen molar-refractivity contribution in [1.29, 1.82) is 0 Å². The Morgan fingerprint density at radius 2 is 1.85 bits per heavy atom. The van der Waals surface area contributed by atoms with Gasteiger partial charge in [-0.25, -0.2) is 4.79 Å². The number of ether oxygens (including phenoxy) is 2. The fraction of sp³-hybridized carbons (Fsp3) is 0.261. The van der Waals surface area contributed by atoms with Gasteiger partial charge in [0.1, 0.15) is 12.4 Å². The van der Waals surface area contributed by atoms with Gasteiger partial charge in [-0.1, -0.05) is 42.2 Å². The van der Waals surface area contributed by atoms with Crippen LogP contribution in [0.5, 0.6) is 5.75 Å². The lowest BCUT2D eigenvalue weighted by molar-refractivity contribution is -0.149. The molecule has 0 spiro atoms. The minimum absolute atomic E-state index is 0.331. The molecule has 2 rings (SSSR count). The Morgan fingerprint density at radius 1 is 1.15 bits per heavy atom. The Balaban J connectivity index is 1.86. The third kappa shape index (κ3) is 7.39. The lowest BCUT2D eigenvalue weighted by atomic mass is 10.1. The SMILES string of the molecule is CCO[C@@H](Cc1ccc(OCC=C(C)C#Cc2ccccc2)cc1)C(=O)O. The van der Waals surface area contributed by atoms with Gasteiger partial charge in [-0.15, -0.1) is 0 Å². The van der Waals surface area contributed by atoms with Gasteiger partial charge < -0.3 is 14.6 Å². The zero-order valence-electron chi connectivity index (χ0n) is 15.6. The molecular formula is C23H24O4. The Kier molecular flexibility index (Phi) is 8.15. The van der Waals surface area contributed by atoms with Crippen LogP contribution < -0.4 is 4.74 Å². The molecule has 0 radical (unpaired) electrons. The third-order valence-corrected chi connectivity index (χ3v) is 3.81. The van der Waals surface area contributed by atoms with E-state index in [4.69, 9.17) is 14.6 Å². The van der Waals surface area contributed by atoms with Crippen molar-refractivity contribution in [3.8, 4) is 17.6 Å². The average Bonchev–Trinajstić information content (AvgIpc) is 2.68. The average molecular weight is 364 g/mol. The highest BCUT2D eigenvalue weighted by molar-refractivity contribution is 5.72. The summed E-state index contributed by atoms with van der Waals surface area (Å²) in [4.78, 5) is 11.1. The second kappa shape index (κ2) is 10.8. The molecule has 27 heavy (non-hydrogen) atoms. The van der Waals surface area contributed by atoms with E-state index in [1.165, 1.54) is 0 Å². The van der Waals surface area contributed by atoms with Gasteiger partial charge in [-0.2, -0.15) is 0 Å². The molecule has 0 aliphatic heterocycles. The molecule has 140 valence electrons. The molecule has 0 aliphatic rings. The van der Waals surface area contributed by atoms with E-state index in [0.717, 1.165) is 22.4 Å². The van der Waals surface area contributed by atoms with E-state index < -0.39 is 12.1 Å². The summed E-state index contributed by atoms with van der Waals surface area (Å²) < 4.78 is 10.9. The Hall–Kier alpha value is -3.03. The van der Waals surface area contributed by atoms with E-state index in [2.05, 4.69) is 11.8 Å². The Bertz CT molecular complexity index is 811. The number of hydrogen-bond donors (Lipinski definition) is 1. The van der Waals surface area contributed by atoms with E-state index in [9.17, 15) is 4.79 Å². The molecule has 4 nitrogen and oxygen atoms in total. The smallest absolute Gasteiger partial charge is 0.333 e. The molecule has 0 aromatic heterocycles. The number of allylic oxidation sites excluding steroid dienone is 1. The first-order chi connectivity index (χ1) is 13.1. The molecule has 4 heteroatoms. The minimum Gasteiger partial charge on any atom is -0.490 e. The molecule has 1 N–H and O–H groups in total. The molecule has 0 unspecified atom stereocenters. The lowest BCUT2D eigenvalue weighted by Gasteiger charge is -2.12. The molecule has 1 atom stereocenters. The first-order valence-corrected chi connectivity index (χ1v) is 8.88. The predicted molar refractivity (Wildman–Crippen MR) is 106 cm³/mol. The fourth-order valence-electron chi connectivity index (χ4n) is 2.36. The molecule has 0 fully saturated rings. The second-order valence-corrected chi connectivity index (χ2v) is 5.94. The van der Waals surface area contributed by atoms with E-state index in [0.29, 0.717) is 19.6 Å². The van der Waals surface area contributed by atoms with Crippen LogP contribution in [0, 0.1) is 11.8 Å². The van der Waals surface area contributed by atoms with Crippen molar-refractivity contribution in [2.45, 2.75) is 26.4 Å². The number of hydrogen-bond acceptors (Lipinski definition) is 3. The summed E-state index contributed by atoms with van der Waals surface area (Å²) in [6, 6.07) is 17.2. The summed E-state index contributed by atoms with van der Waals surface area (Å²) in [5.74, 6) is 5.98. The maximum absolute atomic E-state index is 11.1. The summed E-state index contributed by atoms with van der Waals surface area (Å²) in [7, 11) is 0. The number of rotatable bonds is 8. The van der Waals surface area contributed by atoms with E-state index in [1.54, 1.807) is 6.92 Å². The van der Waals surface area contributed by atoms with Crippen molar-refractivity contribution in [2.24, 2.45) is 0 Å². The number of aliphatic carboxylic acids is 1. The Labute approximate surface area is 160 Å². The molecule has 0 aliphatic carbocycles. The number of carbonyl (C=O) groups is 1. The largest absolute Gasteiger partial charge is 0.490 e. The molecule has 0 saturated heterocycles. The maximum atomic E-state index is 11.1.